The molecule has 2 aliphatic rings. The van der Waals surface area contributed by atoms with E-state index in [4.69, 9.17) is 0 Å². The van der Waals surface area contributed by atoms with Crippen molar-refractivity contribution in [2.24, 2.45) is 0 Å². The van der Waals surface area contributed by atoms with Crippen molar-refractivity contribution in [3.63, 3.8) is 0 Å². The number of benzene rings is 1. The molecule has 0 radical (unpaired) electrons. The number of nitrogens with zero attached hydrogens (tertiary/aromatic N) is 5. The Bertz CT molecular complexity index is 576. The van der Waals surface area contributed by atoms with Crippen LogP contribution in [-0.4, -0.2) is 63.3 Å². The number of piperazine rings is 1. The van der Waals surface area contributed by atoms with Gasteiger partial charge in [0.25, 0.3) is 0 Å². The molecule has 1 aromatic heterocycles. The van der Waals surface area contributed by atoms with Crippen molar-refractivity contribution in [2.45, 2.75) is 25.4 Å². The van der Waals surface area contributed by atoms with E-state index >= 15 is 0 Å². The molecule has 1 aromatic carbocycles. The lowest BCUT2D eigenvalue weighted by molar-refractivity contribution is 0.0962. The first kappa shape index (κ1) is 13.9. The van der Waals surface area contributed by atoms with Crippen LogP contribution in [0.1, 0.15) is 11.1 Å². The minimum absolute atomic E-state index is 0.717. The molecule has 2 aromatic rings. The second-order valence-electron chi connectivity index (χ2n) is 6.37. The van der Waals surface area contributed by atoms with E-state index in [1.54, 1.807) is 23.8 Å². The van der Waals surface area contributed by atoms with Gasteiger partial charge < -0.3 is 0 Å². The zero-order chi connectivity index (χ0) is 14.8. The molecule has 22 heavy (non-hydrogen) atoms. The third-order valence-electron chi connectivity index (χ3n) is 5.06. The summed E-state index contributed by atoms with van der Waals surface area (Å²) in [6.45, 7) is 6.73. The molecule has 0 unspecified atom stereocenters. The van der Waals surface area contributed by atoms with Crippen LogP contribution >= 0.6 is 0 Å². The van der Waals surface area contributed by atoms with Gasteiger partial charge in [-0.15, -0.1) is 0 Å². The van der Waals surface area contributed by atoms with Crippen molar-refractivity contribution in [3.8, 4) is 0 Å². The summed E-state index contributed by atoms with van der Waals surface area (Å²) in [7, 11) is 0. The number of aromatic nitrogens is 3. The van der Waals surface area contributed by atoms with Gasteiger partial charge in [-0.3, -0.25) is 14.5 Å². The second-order valence-corrected chi connectivity index (χ2v) is 6.37. The van der Waals surface area contributed by atoms with Gasteiger partial charge in [0.15, 0.2) is 0 Å². The molecule has 1 fully saturated rings. The fraction of sp³-hybridized carbons (Fsp3) is 0.529. The average Bonchev–Trinajstić information content (AvgIpc) is 3.22. The lowest BCUT2D eigenvalue weighted by atomic mass is 10.1. The number of hydrogen-bond acceptors (Lipinski definition) is 4. The van der Waals surface area contributed by atoms with Crippen LogP contribution in [0.5, 0.6) is 0 Å². The van der Waals surface area contributed by atoms with Gasteiger partial charge in [0, 0.05) is 38.8 Å². The van der Waals surface area contributed by atoms with E-state index in [0.29, 0.717) is 0 Å². The van der Waals surface area contributed by atoms with Crippen LogP contribution in [0, 0.1) is 0 Å². The van der Waals surface area contributed by atoms with Crippen LogP contribution in [0.15, 0.2) is 36.9 Å². The molecule has 0 spiro atoms. The maximum Gasteiger partial charge on any atom is 0.137 e. The van der Waals surface area contributed by atoms with Gasteiger partial charge in [-0.2, -0.15) is 5.10 Å². The summed E-state index contributed by atoms with van der Waals surface area (Å²) in [5.41, 5.74) is 3.11. The smallest absolute Gasteiger partial charge is 0.137 e. The van der Waals surface area contributed by atoms with Gasteiger partial charge >= 0.3 is 0 Å². The zero-order valence-electron chi connectivity index (χ0n) is 12.9. The molecule has 1 aliphatic heterocycles. The highest BCUT2D eigenvalue weighted by molar-refractivity contribution is 5.33. The monoisotopic (exact) mass is 297 g/mol. The zero-order valence-corrected chi connectivity index (χ0v) is 12.9. The second kappa shape index (κ2) is 6.18. The number of rotatable bonds is 4. The Morgan fingerprint density at radius 3 is 2.32 bits per heavy atom. The van der Waals surface area contributed by atoms with Crippen molar-refractivity contribution < 1.29 is 0 Å². The topological polar surface area (TPSA) is 37.2 Å². The van der Waals surface area contributed by atoms with Crippen LogP contribution in [0.4, 0.5) is 0 Å². The predicted octanol–water partition coefficient (Wildman–Crippen LogP) is 1.06. The van der Waals surface area contributed by atoms with Crippen molar-refractivity contribution in [2.75, 3.05) is 32.7 Å². The molecule has 0 amide bonds. The van der Waals surface area contributed by atoms with Crippen molar-refractivity contribution >= 4 is 0 Å². The molecule has 1 aliphatic carbocycles. The minimum Gasteiger partial charge on any atom is -0.299 e. The number of fused-ring (bicyclic) bond motifs is 1. The van der Waals surface area contributed by atoms with E-state index in [1.807, 2.05) is 4.68 Å². The normalized spacial score (nSPS) is 20.4. The van der Waals surface area contributed by atoms with Gasteiger partial charge in [-0.1, -0.05) is 24.3 Å². The third kappa shape index (κ3) is 2.91. The first-order valence-electron chi connectivity index (χ1n) is 8.24. The van der Waals surface area contributed by atoms with E-state index in [0.717, 1.165) is 19.1 Å². The highest BCUT2D eigenvalue weighted by Crippen LogP contribution is 2.25. The standard InChI is InChI=1S/C17H23N5/c1-2-4-16-12-17(11-15(16)3-1)21-8-5-20(6-9-21)7-10-22-14-18-13-19-22/h1-4,13-14,17H,5-12H2. The van der Waals surface area contributed by atoms with Crippen LogP contribution in [0.25, 0.3) is 0 Å². The third-order valence-corrected chi connectivity index (χ3v) is 5.06. The Morgan fingerprint density at radius 1 is 0.955 bits per heavy atom. The Kier molecular flexibility index (Phi) is 3.91. The quantitative estimate of drug-likeness (QED) is 0.846. The molecular formula is C17H23N5. The van der Waals surface area contributed by atoms with Gasteiger partial charge in [-0.25, -0.2) is 4.98 Å². The number of hydrogen-bond donors (Lipinski definition) is 0. The highest BCUT2D eigenvalue weighted by atomic mass is 15.3. The van der Waals surface area contributed by atoms with Gasteiger partial charge in [0.05, 0.1) is 6.54 Å². The molecule has 0 atom stereocenters. The van der Waals surface area contributed by atoms with Crippen LogP contribution in [0.3, 0.4) is 0 Å². The first-order valence-corrected chi connectivity index (χ1v) is 8.24. The summed E-state index contributed by atoms with van der Waals surface area (Å²) in [5, 5.41) is 4.17. The largest absolute Gasteiger partial charge is 0.299 e. The Labute approximate surface area is 131 Å². The summed E-state index contributed by atoms with van der Waals surface area (Å²) in [4.78, 5) is 9.22. The Hall–Kier alpha value is -1.72. The Balaban J connectivity index is 1.26. The first-order chi connectivity index (χ1) is 10.9. The molecule has 4 rings (SSSR count). The molecule has 0 N–H and O–H groups in total. The highest BCUT2D eigenvalue weighted by Gasteiger charge is 2.28. The molecule has 0 bridgehead atoms. The summed E-state index contributed by atoms with van der Waals surface area (Å²) in [5.74, 6) is 0. The van der Waals surface area contributed by atoms with Crippen molar-refractivity contribution in [1.29, 1.82) is 0 Å². The van der Waals surface area contributed by atoms with E-state index in [2.05, 4.69) is 44.1 Å². The van der Waals surface area contributed by atoms with E-state index in [9.17, 15) is 0 Å². The lowest BCUT2D eigenvalue weighted by Crippen LogP contribution is -2.51. The maximum atomic E-state index is 4.17. The lowest BCUT2D eigenvalue weighted by Gasteiger charge is -2.38. The molecule has 1 saturated heterocycles. The summed E-state index contributed by atoms with van der Waals surface area (Å²) in [6, 6.07) is 9.65. The van der Waals surface area contributed by atoms with Crippen LogP contribution in [0.2, 0.25) is 0 Å². The molecule has 5 heteroatoms. The van der Waals surface area contributed by atoms with E-state index < -0.39 is 0 Å². The molecular weight excluding hydrogens is 274 g/mol. The fourth-order valence-electron chi connectivity index (χ4n) is 3.74. The predicted molar refractivity (Wildman–Crippen MR) is 85.7 cm³/mol. The average molecular weight is 297 g/mol. The van der Waals surface area contributed by atoms with Crippen LogP contribution < -0.4 is 0 Å². The molecule has 5 nitrogen and oxygen atoms in total. The van der Waals surface area contributed by atoms with Crippen LogP contribution in [-0.2, 0) is 19.4 Å². The Morgan fingerprint density at radius 2 is 1.68 bits per heavy atom. The summed E-state index contributed by atoms with van der Waals surface area (Å²) in [6.07, 6.45) is 5.87. The van der Waals surface area contributed by atoms with E-state index in [1.165, 1.54) is 39.0 Å². The van der Waals surface area contributed by atoms with Crippen molar-refractivity contribution in [1.82, 2.24) is 24.6 Å². The van der Waals surface area contributed by atoms with Gasteiger partial charge in [0.2, 0.25) is 0 Å². The molecule has 116 valence electrons. The van der Waals surface area contributed by atoms with Gasteiger partial charge in [-0.05, 0) is 24.0 Å². The SMILES string of the molecule is c1ccc2c(c1)CC(N1CCN(CCn3cncn3)CC1)C2. The fourth-order valence-corrected chi connectivity index (χ4v) is 3.74. The van der Waals surface area contributed by atoms with E-state index in [-0.39, 0.29) is 0 Å². The summed E-state index contributed by atoms with van der Waals surface area (Å²) >= 11 is 0. The van der Waals surface area contributed by atoms with Gasteiger partial charge in [0.1, 0.15) is 12.7 Å². The summed E-state index contributed by atoms with van der Waals surface area (Å²) < 4.78 is 1.92. The molecule has 0 saturated carbocycles. The minimum atomic E-state index is 0.717. The molecule has 2 heterocycles. The maximum absolute atomic E-state index is 4.17. The van der Waals surface area contributed by atoms with Crippen molar-refractivity contribution in [3.05, 3.63) is 48.0 Å².